The van der Waals surface area contributed by atoms with Gasteiger partial charge in [-0.15, -0.1) is 13.2 Å². The van der Waals surface area contributed by atoms with E-state index in [1.54, 1.807) is 31.2 Å². The molecule has 0 fully saturated rings. The number of aliphatic carboxylic acids is 1. The van der Waals surface area contributed by atoms with Gasteiger partial charge in [0.05, 0.1) is 13.5 Å². The van der Waals surface area contributed by atoms with Gasteiger partial charge in [-0.05, 0) is 53.4 Å². The molecular formula is C25H22F4O5. The SMILES string of the molecule is COc1ccc(F)c(-c2ccc(COc3cccc([C@H](C)CC(=O)O)c3)cc2OC(F)(F)F)c1. The first-order chi connectivity index (χ1) is 16.1. The standard InChI is InChI=1S/C25H22F4O5/c1-15(10-24(30)31)17-4-3-5-19(12-17)33-14-16-6-8-20(23(11-16)34-25(27,28)29)21-13-18(32-2)7-9-22(21)26/h3-9,11-13,15H,10,14H2,1-2H3,(H,30,31)/t15-/m1/s1. The van der Waals surface area contributed by atoms with Crippen LogP contribution in [-0.4, -0.2) is 24.5 Å². The van der Waals surface area contributed by atoms with Crippen LogP contribution in [0.15, 0.2) is 60.7 Å². The zero-order chi connectivity index (χ0) is 24.9. The zero-order valence-corrected chi connectivity index (χ0v) is 18.4. The third-order valence-electron chi connectivity index (χ3n) is 5.05. The highest BCUT2D eigenvalue weighted by atomic mass is 19.4. The van der Waals surface area contributed by atoms with Gasteiger partial charge < -0.3 is 19.3 Å². The minimum atomic E-state index is -4.99. The molecule has 180 valence electrons. The lowest BCUT2D eigenvalue weighted by molar-refractivity contribution is -0.274. The molecule has 0 aliphatic carbocycles. The first kappa shape index (κ1) is 24.9. The van der Waals surface area contributed by atoms with Crippen LogP contribution >= 0.6 is 0 Å². The Labute approximate surface area is 193 Å². The normalized spacial score (nSPS) is 12.2. The van der Waals surface area contributed by atoms with Crippen molar-refractivity contribution in [1.82, 2.24) is 0 Å². The Morgan fingerprint density at radius 1 is 1.00 bits per heavy atom. The maximum Gasteiger partial charge on any atom is 0.573 e. The van der Waals surface area contributed by atoms with E-state index in [4.69, 9.17) is 14.6 Å². The van der Waals surface area contributed by atoms with Crippen molar-refractivity contribution in [3.63, 3.8) is 0 Å². The van der Waals surface area contributed by atoms with Crippen LogP contribution in [0.4, 0.5) is 17.6 Å². The second-order valence-electron chi connectivity index (χ2n) is 7.58. The van der Waals surface area contributed by atoms with E-state index in [1.807, 2.05) is 0 Å². The molecule has 3 rings (SSSR count). The summed E-state index contributed by atoms with van der Waals surface area (Å²) in [5, 5.41) is 8.97. The van der Waals surface area contributed by atoms with Crippen molar-refractivity contribution >= 4 is 5.97 Å². The van der Waals surface area contributed by atoms with Crippen LogP contribution < -0.4 is 14.2 Å². The summed E-state index contributed by atoms with van der Waals surface area (Å²) in [6, 6.07) is 14.5. The predicted octanol–water partition coefficient (Wildman–Crippen LogP) is 6.56. The lowest BCUT2D eigenvalue weighted by Crippen LogP contribution is -2.18. The van der Waals surface area contributed by atoms with Gasteiger partial charge in [0.15, 0.2) is 0 Å². The molecule has 0 aliphatic heterocycles. The molecule has 34 heavy (non-hydrogen) atoms. The number of ether oxygens (including phenoxy) is 3. The van der Waals surface area contributed by atoms with Crippen molar-refractivity contribution in [1.29, 1.82) is 0 Å². The number of methoxy groups -OCH3 is 1. The number of hydrogen-bond acceptors (Lipinski definition) is 4. The molecule has 0 bridgehead atoms. The summed E-state index contributed by atoms with van der Waals surface area (Å²) in [5.41, 5.74) is 0.910. The highest BCUT2D eigenvalue weighted by Gasteiger charge is 2.32. The van der Waals surface area contributed by atoms with E-state index in [0.29, 0.717) is 11.3 Å². The van der Waals surface area contributed by atoms with Crippen molar-refractivity contribution in [2.24, 2.45) is 0 Å². The second kappa shape index (κ2) is 10.5. The molecule has 3 aromatic carbocycles. The minimum Gasteiger partial charge on any atom is -0.497 e. The van der Waals surface area contributed by atoms with Crippen LogP contribution in [0.5, 0.6) is 17.2 Å². The number of benzene rings is 3. The molecule has 0 saturated heterocycles. The van der Waals surface area contributed by atoms with Gasteiger partial charge in [0.2, 0.25) is 0 Å². The van der Waals surface area contributed by atoms with Gasteiger partial charge >= 0.3 is 12.3 Å². The Hall–Kier alpha value is -3.75. The van der Waals surface area contributed by atoms with Crippen LogP contribution in [0.1, 0.15) is 30.4 Å². The van der Waals surface area contributed by atoms with E-state index in [9.17, 15) is 22.4 Å². The van der Waals surface area contributed by atoms with Gasteiger partial charge in [-0.3, -0.25) is 4.79 Å². The smallest absolute Gasteiger partial charge is 0.497 e. The molecule has 1 atom stereocenters. The van der Waals surface area contributed by atoms with Crippen molar-refractivity contribution < 1.29 is 41.7 Å². The number of carboxylic acid groups (broad SMARTS) is 1. The van der Waals surface area contributed by atoms with E-state index in [2.05, 4.69) is 4.74 Å². The van der Waals surface area contributed by atoms with Crippen LogP contribution in [-0.2, 0) is 11.4 Å². The summed E-state index contributed by atoms with van der Waals surface area (Å²) in [6.45, 7) is 1.68. The zero-order valence-electron chi connectivity index (χ0n) is 18.4. The van der Waals surface area contributed by atoms with Crippen LogP contribution in [0.2, 0.25) is 0 Å². The Kier molecular flexibility index (Phi) is 7.65. The van der Waals surface area contributed by atoms with E-state index in [1.165, 1.54) is 31.4 Å². The Morgan fingerprint density at radius 3 is 2.44 bits per heavy atom. The number of carboxylic acids is 1. The monoisotopic (exact) mass is 478 g/mol. The van der Waals surface area contributed by atoms with E-state index in [0.717, 1.165) is 17.7 Å². The van der Waals surface area contributed by atoms with E-state index in [-0.39, 0.29) is 35.8 Å². The second-order valence-corrected chi connectivity index (χ2v) is 7.58. The quantitative estimate of drug-likeness (QED) is 0.353. The van der Waals surface area contributed by atoms with E-state index >= 15 is 0 Å². The molecule has 3 aromatic rings. The Bertz CT molecular complexity index is 1160. The summed E-state index contributed by atoms with van der Waals surface area (Å²) in [6.07, 6.45) is -5.04. The molecule has 0 saturated carbocycles. The lowest BCUT2D eigenvalue weighted by Gasteiger charge is -2.16. The first-order valence-electron chi connectivity index (χ1n) is 10.2. The van der Waals surface area contributed by atoms with Crippen LogP contribution in [0, 0.1) is 5.82 Å². The fourth-order valence-electron chi connectivity index (χ4n) is 3.38. The average molecular weight is 478 g/mol. The average Bonchev–Trinajstić information content (AvgIpc) is 2.77. The first-order valence-corrected chi connectivity index (χ1v) is 10.2. The number of alkyl halides is 3. The number of carbonyl (C=O) groups is 1. The molecular weight excluding hydrogens is 456 g/mol. The molecule has 9 heteroatoms. The number of hydrogen-bond donors (Lipinski definition) is 1. The van der Waals surface area contributed by atoms with Gasteiger partial charge in [0.25, 0.3) is 0 Å². The van der Waals surface area contributed by atoms with Gasteiger partial charge in [0.1, 0.15) is 29.7 Å². The van der Waals surface area contributed by atoms with Crippen molar-refractivity contribution in [2.75, 3.05) is 7.11 Å². The van der Waals surface area contributed by atoms with Crippen LogP contribution in [0.25, 0.3) is 11.1 Å². The molecule has 0 amide bonds. The largest absolute Gasteiger partial charge is 0.573 e. The summed E-state index contributed by atoms with van der Waals surface area (Å²) >= 11 is 0. The van der Waals surface area contributed by atoms with Gasteiger partial charge in [-0.2, -0.15) is 0 Å². The molecule has 0 aromatic heterocycles. The highest BCUT2D eigenvalue weighted by Crippen LogP contribution is 2.37. The Balaban J connectivity index is 1.87. The topological polar surface area (TPSA) is 65.0 Å². The third kappa shape index (κ3) is 6.63. The van der Waals surface area contributed by atoms with Gasteiger partial charge in [-0.25, -0.2) is 4.39 Å². The fraction of sp³-hybridized carbons (Fsp3) is 0.240. The fourth-order valence-corrected chi connectivity index (χ4v) is 3.38. The molecule has 1 N–H and O–H groups in total. The number of rotatable bonds is 9. The molecule has 0 spiro atoms. The van der Waals surface area contributed by atoms with Crippen molar-refractivity contribution in [2.45, 2.75) is 32.2 Å². The van der Waals surface area contributed by atoms with Crippen molar-refractivity contribution in [3.8, 4) is 28.4 Å². The predicted molar refractivity (Wildman–Crippen MR) is 117 cm³/mol. The summed E-state index contributed by atoms with van der Waals surface area (Å²) < 4.78 is 68.5. The summed E-state index contributed by atoms with van der Waals surface area (Å²) in [4.78, 5) is 10.9. The maximum atomic E-state index is 14.4. The summed E-state index contributed by atoms with van der Waals surface area (Å²) in [5.74, 6) is -1.78. The highest BCUT2D eigenvalue weighted by molar-refractivity contribution is 5.72. The van der Waals surface area contributed by atoms with Gasteiger partial charge in [-0.1, -0.05) is 31.2 Å². The lowest BCUT2D eigenvalue weighted by atomic mass is 9.98. The molecule has 0 radical (unpaired) electrons. The molecule has 0 heterocycles. The van der Waals surface area contributed by atoms with Crippen LogP contribution in [0.3, 0.4) is 0 Å². The number of halogens is 4. The van der Waals surface area contributed by atoms with Gasteiger partial charge in [0, 0.05) is 11.1 Å². The third-order valence-corrected chi connectivity index (χ3v) is 5.05. The van der Waals surface area contributed by atoms with Crippen molar-refractivity contribution in [3.05, 3.63) is 77.6 Å². The molecule has 0 unspecified atom stereocenters. The Morgan fingerprint density at radius 2 is 1.76 bits per heavy atom. The van der Waals surface area contributed by atoms with E-state index < -0.39 is 23.9 Å². The molecule has 0 aliphatic rings. The maximum absolute atomic E-state index is 14.4. The molecule has 5 nitrogen and oxygen atoms in total. The minimum absolute atomic E-state index is 0.0517. The summed E-state index contributed by atoms with van der Waals surface area (Å²) in [7, 11) is 1.36.